The molecule has 5 heteroatoms. The van der Waals surface area contributed by atoms with Gasteiger partial charge in [-0.25, -0.2) is 4.68 Å². The van der Waals surface area contributed by atoms with Gasteiger partial charge in [-0.2, -0.15) is 5.10 Å². The number of aromatic nitrogens is 2. The molecule has 178 valence electrons. The molecule has 0 aliphatic carbocycles. The largest absolute Gasteiger partial charge is 0.497 e. The first-order chi connectivity index (χ1) is 17.6. The number of rotatable bonds is 7. The third kappa shape index (κ3) is 4.91. The zero-order chi connectivity index (χ0) is 24.9. The molecule has 36 heavy (non-hydrogen) atoms. The fourth-order valence-corrected chi connectivity index (χ4v) is 4.18. The highest BCUT2D eigenvalue weighted by Gasteiger charge is 2.22. The van der Waals surface area contributed by atoms with Gasteiger partial charge in [0.05, 0.1) is 24.5 Å². The lowest BCUT2D eigenvalue weighted by Gasteiger charge is -2.20. The van der Waals surface area contributed by atoms with Crippen LogP contribution < -0.4 is 10.1 Å². The number of aryl methyl sites for hydroxylation is 1. The lowest BCUT2D eigenvalue weighted by atomic mass is 9.98. The van der Waals surface area contributed by atoms with Crippen molar-refractivity contribution < 1.29 is 9.53 Å². The van der Waals surface area contributed by atoms with Crippen LogP contribution in [0.3, 0.4) is 0 Å². The van der Waals surface area contributed by atoms with Gasteiger partial charge in [0.25, 0.3) is 5.91 Å². The van der Waals surface area contributed by atoms with Crippen LogP contribution in [0, 0.1) is 6.92 Å². The molecule has 5 nitrogen and oxygen atoms in total. The van der Waals surface area contributed by atoms with E-state index in [-0.39, 0.29) is 11.9 Å². The normalized spacial score (nSPS) is 10.9. The number of amides is 1. The number of nitrogens with zero attached hydrogens (tertiary/aromatic N) is 2. The second-order valence-electron chi connectivity index (χ2n) is 8.62. The van der Waals surface area contributed by atoms with E-state index in [9.17, 15) is 4.79 Å². The SMILES string of the molecule is COc1ccc(-c2cc(C(=O)NC(c3ccccc3)c3ccccc3)n(-c3ccc(C)cc3)n2)cc1. The Morgan fingerprint density at radius 3 is 1.94 bits per heavy atom. The Kier molecular flexibility index (Phi) is 6.63. The third-order valence-corrected chi connectivity index (χ3v) is 6.15. The van der Waals surface area contributed by atoms with E-state index in [0.717, 1.165) is 33.7 Å². The van der Waals surface area contributed by atoms with Gasteiger partial charge >= 0.3 is 0 Å². The number of ether oxygens (including phenoxy) is 1. The zero-order valence-electron chi connectivity index (χ0n) is 20.3. The number of nitrogens with one attached hydrogen (secondary N) is 1. The average Bonchev–Trinajstić information content (AvgIpc) is 3.39. The summed E-state index contributed by atoms with van der Waals surface area (Å²) in [7, 11) is 1.64. The van der Waals surface area contributed by atoms with Crippen molar-refractivity contribution in [3.05, 3.63) is 138 Å². The van der Waals surface area contributed by atoms with Crippen LogP contribution in [0.5, 0.6) is 5.75 Å². The van der Waals surface area contributed by atoms with Gasteiger partial charge in [-0.15, -0.1) is 0 Å². The summed E-state index contributed by atoms with van der Waals surface area (Å²) in [4.78, 5) is 13.8. The molecule has 1 amide bonds. The maximum Gasteiger partial charge on any atom is 0.270 e. The van der Waals surface area contributed by atoms with Gasteiger partial charge in [-0.05, 0) is 60.5 Å². The van der Waals surface area contributed by atoms with Gasteiger partial charge in [0.1, 0.15) is 11.4 Å². The standard InChI is InChI=1S/C31H27N3O2/c1-22-13-17-26(18-14-22)34-29(21-28(33-34)23-15-19-27(36-2)20-16-23)31(35)32-30(24-9-5-3-6-10-24)25-11-7-4-8-12-25/h3-21,30H,1-2H3,(H,32,35). The summed E-state index contributed by atoms with van der Waals surface area (Å²) in [5.74, 6) is 0.559. The van der Waals surface area contributed by atoms with Crippen LogP contribution in [0.15, 0.2) is 115 Å². The highest BCUT2D eigenvalue weighted by Crippen LogP contribution is 2.26. The molecule has 0 saturated heterocycles. The number of methoxy groups -OCH3 is 1. The van der Waals surface area contributed by atoms with Gasteiger partial charge in [-0.1, -0.05) is 78.4 Å². The van der Waals surface area contributed by atoms with Crippen molar-refractivity contribution in [1.82, 2.24) is 15.1 Å². The molecule has 5 aromatic rings. The summed E-state index contributed by atoms with van der Waals surface area (Å²) < 4.78 is 7.00. The first-order valence-electron chi connectivity index (χ1n) is 11.8. The summed E-state index contributed by atoms with van der Waals surface area (Å²) in [6, 6.07) is 37.2. The van der Waals surface area contributed by atoms with E-state index in [1.807, 2.05) is 122 Å². The maximum absolute atomic E-state index is 13.8. The van der Waals surface area contributed by atoms with Crippen molar-refractivity contribution in [3.8, 4) is 22.7 Å². The highest BCUT2D eigenvalue weighted by molar-refractivity contribution is 5.95. The first-order valence-corrected chi connectivity index (χ1v) is 11.8. The molecule has 0 saturated carbocycles. The molecular weight excluding hydrogens is 446 g/mol. The highest BCUT2D eigenvalue weighted by atomic mass is 16.5. The predicted octanol–water partition coefficient (Wildman–Crippen LogP) is 6.38. The second kappa shape index (κ2) is 10.3. The van der Waals surface area contributed by atoms with Crippen LogP contribution in [0.2, 0.25) is 0 Å². The van der Waals surface area contributed by atoms with Gasteiger partial charge in [-0.3, -0.25) is 4.79 Å². The summed E-state index contributed by atoms with van der Waals surface area (Å²) in [5.41, 5.74) is 6.05. The van der Waals surface area contributed by atoms with Gasteiger partial charge in [0, 0.05) is 5.56 Å². The molecule has 0 bridgehead atoms. The smallest absolute Gasteiger partial charge is 0.270 e. The van der Waals surface area contributed by atoms with Crippen LogP contribution in [-0.2, 0) is 0 Å². The number of carbonyl (C=O) groups excluding carboxylic acids is 1. The molecule has 1 heterocycles. The van der Waals surface area contributed by atoms with Crippen LogP contribution in [0.4, 0.5) is 0 Å². The van der Waals surface area contributed by atoms with Crippen molar-refractivity contribution in [2.75, 3.05) is 7.11 Å². The molecular formula is C31H27N3O2. The Balaban J connectivity index is 1.56. The van der Waals surface area contributed by atoms with Gasteiger partial charge in [0.2, 0.25) is 0 Å². The predicted molar refractivity (Wildman–Crippen MR) is 142 cm³/mol. The Morgan fingerprint density at radius 2 is 1.39 bits per heavy atom. The van der Waals surface area contributed by atoms with Gasteiger partial charge in [0.15, 0.2) is 0 Å². The maximum atomic E-state index is 13.8. The van der Waals surface area contributed by atoms with Crippen LogP contribution in [0.25, 0.3) is 16.9 Å². The fraction of sp³-hybridized carbons (Fsp3) is 0.0968. The van der Waals surface area contributed by atoms with Crippen molar-refractivity contribution in [1.29, 1.82) is 0 Å². The van der Waals surface area contributed by atoms with E-state index in [1.54, 1.807) is 11.8 Å². The Labute approximate surface area is 211 Å². The molecule has 1 N–H and O–H groups in total. The van der Waals surface area contributed by atoms with Crippen LogP contribution in [0.1, 0.15) is 33.2 Å². The van der Waals surface area contributed by atoms with Crippen molar-refractivity contribution in [2.45, 2.75) is 13.0 Å². The first kappa shape index (κ1) is 23.1. The topological polar surface area (TPSA) is 56.1 Å². The molecule has 1 aromatic heterocycles. The van der Waals surface area contributed by atoms with Crippen molar-refractivity contribution in [3.63, 3.8) is 0 Å². The van der Waals surface area contributed by atoms with E-state index < -0.39 is 0 Å². The van der Waals surface area contributed by atoms with E-state index in [0.29, 0.717) is 11.4 Å². The lowest BCUT2D eigenvalue weighted by Crippen LogP contribution is -2.31. The monoisotopic (exact) mass is 473 g/mol. The Morgan fingerprint density at radius 1 is 0.806 bits per heavy atom. The molecule has 0 atom stereocenters. The molecule has 0 aliphatic rings. The summed E-state index contributed by atoms with van der Waals surface area (Å²) >= 11 is 0. The number of hydrogen-bond acceptors (Lipinski definition) is 3. The minimum Gasteiger partial charge on any atom is -0.497 e. The minimum atomic E-state index is -0.300. The number of carbonyl (C=O) groups is 1. The van der Waals surface area contributed by atoms with Crippen LogP contribution in [-0.4, -0.2) is 22.8 Å². The zero-order valence-corrected chi connectivity index (χ0v) is 20.3. The Hall–Kier alpha value is -4.64. The van der Waals surface area contributed by atoms with E-state index in [2.05, 4.69) is 5.32 Å². The number of benzene rings is 4. The Bertz CT molecular complexity index is 1400. The van der Waals surface area contributed by atoms with Crippen molar-refractivity contribution in [2.24, 2.45) is 0 Å². The second-order valence-corrected chi connectivity index (χ2v) is 8.62. The summed E-state index contributed by atoms with van der Waals surface area (Å²) in [6.07, 6.45) is 0. The number of hydrogen-bond donors (Lipinski definition) is 1. The molecule has 0 fully saturated rings. The van der Waals surface area contributed by atoms with Gasteiger partial charge < -0.3 is 10.1 Å². The van der Waals surface area contributed by atoms with E-state index in [1.165, 1.54) is 0 Å². The molecule has 0 spiro atoms. The van der Waals surface area contributed by atoms with E-state index in [4.69, 9.17) is 9.84 Å². The summed E-state index contributed by atoms with van der Waals surface area (Å²) in [6.45, 7) is 2.04. The average molecular weight is 474 g/mol. The molecule has 4 aromatic carbocycles. The third-order valence-electron chi connectivity index (χ3n) is 6.15. The molecule has 0 radical (unpaired) electrons. The summed E-state index contributed by atoms with van der Waals surface area (Å²) in [5, 5.41) is 8.08. The van der Waals surface area contributed by atoms with Crippen LogP contribution >= 0.6 is 0 Å². The minimum absolute atomic E-state index is 0.208. The van der Waals surface area contributed by atoms with E-state index >= 15 is 0 Å². The van der Waals surface area contributed by atoms with Crippen molar-refractivity contribution >= 4 is 5.91 Å². The molecule has 0 unspecified atom stereocenters. The molecule has 0 aliphatic heterocycles. The molecule has 5 rings (SSSR count). The fourth-order valence-electron chi connectivity index (χ4n) is 4.18. The lowest BCUT2D eigenvalue weighted by molar-refractivity contribution is 0.0935. The quantitative estimate of drug-likeness (QED) is 0.299.